The highest BCUT2D eigenvalue weighted by atomic mass is 32.2. The number of hydrogen-bond acceptors (Lipinski definition) is 5. The molecule has 0 N–H and O–H groups in total. The number of ether oxygens (including phenoxy) is 2. The average molecular weight is 537 g/mol. The molecule has 0 spiro atoms. The Kier molecular flexibility index (Phi) is 8.33. The molecule has 4 aromatic rings. The van der Waals surface area contributed by atoms with Gasteiger partial charge in [-0.15, -0.1) is 0 Å². The van der Waals surface area contributed by atoms with Crippen LogP contribution in [-0.2, 0) is 11.4 Å². The first kappa shape index (κ1) is 26.6. The SMILES string of the molecule is CCCN1C(=O)/C(=C\c2ccc(OCc3cccc4ccccc34)c(OCC)c2)SC1=Nc1ccc(C)cc1. The van der Waals surface area contributed by atoms with Gasteiger partial charge in [0.1, 0.15) is 6.61 Å². The van der Waals surface area contributed by atoms with Gasteiger partial charge in [0.25, 0.3) is 5.91 Å². The summed E-state index contributed by atoms with van der Waals surface area (Å²) in [5.41, 5.74) is 4.00. The highest BCUT2D eigenvalue weighted by Gasteiger charge is 2.32. The molecule has 5 nitrogen and oxygen atoms in total. The van der Waals surface area contributed by atoms with Gasteiger partial charge in [-0.05, 0) is 84.3 Å². The fraction of sp³-hybridized carbons (Fsp3) is 0.212. The zero-order chi connectivity index (χ0) is 27.2. The Labute approximate surface area is 234 Å². The molecule has 0 saturated carbocycles. The molecular formula is C33H32N2O3S. The topological polar surface area (TPSA) is 51.1 Å². The number of amides is 1. The second kappa shape index (κ2) is 12.2. The number of carbonyl (C=O) groups is 1. The minimum atomic E-state index is -0.0260. The zero-order valence-electron chi connectivity index (χ0n) is 22.5. The molecule has 4 aromatic carbocycles. The maximum atomic E-state index is 13.3. The van der Waals surface area contributed by atoms with Crippen molar-refractivity contribution in [3.05, 3.63) is 107 Å². The van der Waals surface area contributed by atoms with Crippen molar-refractivity contribution in [1.82, 2.24) is 4.90 Å². The highest BCUT2D eigenvalue weighted by molar-refractivity contribution is 8.18. The average Bonchev–Trinajstić information content (AvgIpc) is 3.23. The first-order valence-electron chi connectivity index (χ1n) is 13.3. The van der Waals surface area contributed by atoms with Crippen LogP contribution in [0.15, 0.2) is 94.8 Å². The summed E-state index contributed by atoms with van der Waals surface area (Å²) in [6.45, 7) is 7.63. The van der Waals surface area contributed by atoms with Gasteiger partial charge in [-0.2, -0.15) is 0 Å². The second-order valence-corrected chi connectivity index (χ2v) is 10.4. The first-order valence-corrected chi connectivity index (χ1v) is 14.1. The lowest BCUT2D eigenvalue weighted by atomic mass is 10.1. The predicted molar refractivity (Wildman–Crippen MR) is 162 cm³/mol. The molecule has 1 fully saturated rings. The molecule has 0 unspecified atom stereocenters. The van der Waals surface area contributed by atoms with E-state index in [9.17, 15) is 4.79 Å². The van der Waals surface area contributed by atoms with E-state index in [0.717, 1.165) is 23.2 Å². The van der Waals surface area contributed by atoms with E-state index in [-0.39, 0.29) is 5.91 Å². The Morgan fingerprint density at radius 1 is 0.897 bits per heavy atom. The number of fused-ring (bicyclic) bond motifs is 1. The number of aryl methyl sites for hydroxylation is 1. The first-order chi connectivity index (χ1) is 19.1. The largest absolute Gasteiger partial charge is 0.490 e. The van der Waals surface area contributed by atoms with Crippen molar-refractivity contribution in [3.8, 4) is 11.5 Å². The molecular weight excluding hydrogens is 504 g/mol. The molecule has 1 saturated heterocycles. The smallest absolute Gasteiger partial charge is 0.266 e. The number of hydrogen-bond donors (Lipinski definition) is 0. The van der Waals surface area contributed by atoms with Gasteiger partial charge in [0.05, 0.1) is 17.2 Å². The van der Waals surface area contributed by atoms with Gasteiger partial charge in [-0.25, -0.2) is 4.99 Å². The lowest BCUT2D eigenvalue weighted by Gasteiger charge is -2.14. The van der Waals surface area contributed by atoms with Crippen LogP contribution in [0.2, 0.25) is 0 Å². The van der Waals surface area contributed by atoms with E-state index in [1.54, 1.807) is 4.90 Å². The van der Waals surface area contributed by atoms with Crippen LogP contribution in [0.25, 0.3) is 16.8 Å². The molecule has 1 amide bonds. The fourth-order valence-corrected chi connectivity index (χ4v) is 5.49. The Bertz CT molecular complexity index is 1540. The number of thioether (sulfide) groups is 1. The molecule has 198 valence electrons. The van der Waals surface area contributed by atoms with Crippen LogP contribution in [0.1, 0.15) is 37.0 Å². The third-order valence-corrected chi connectivity index (χ3v) is 7.43. The molecule has 0 aliphatic carbocycles. The van der Waals surface area contributed by atoms with Crippen molar-refractivity contribution in [1.29, 1.82) is 0 Å². The molecule has 1 aliphatic heterocycles. The van der Waals surface area contributed by atoms with E-state index < -0.39 is 0 Å². The van der Waals surface area contributed by atoms with Gasteiger partial charge in [0, 0.05) is 6.54 Å². The summed E-state index contributed by atoms with van der Waals surface area (Å²) >= 11 is 1.41. The minimum Gasteiger partial charge on any atom is -0.490 e. The van der Waals surface area contributed by atoms with Crippen LogP contribution in [0.5, 0.6) is 11.5 Å². The molecule has 39 heavy (non-hydrogen) atoms. The van der Waals surface area contributed by atoms with E-state index in [1.165, 1.54) is 28.1 Å². The number of rotatable bonds is 9. The Morgan fingerprint density at radius 3 is 2.49 bits per heavy atom. The number of amidine groups is 1. The van der Waals surface area contributed by atoms with Crippen molar-refractivity contribution in [2.24, 2.45) is 4.99 Å². The lowest BCUT2D eigenvalue weighted by molar-refractivity contribution is -0.122. The van der Waals surface area contributed by atoms with E-state index in [0.29, 0.717) is 41.3 Å². The second-order valence-electron chi connectivity index (χ2n) is 9.36. The summed E-state index contributed by atoms with van der Waals surface area (Å²) in [6.07, 6.45) is 2.76. The molecule has 1 aliphatic rings. The van der Waals surface area contributed by atoms with Gasteiger partial charge >= 0.3 is 0 Å². The van der Waals surface area contributed by atoms with Crippen molar-refractivity contribution in [3.63, 3.8) is 0 Å². The fourth-order valence-electron chi connectivity index (χ4n) is 4.47. The normalized spacial score (nSPS) is 15.5. The van der Waals surface area contributed by atoms with Crippen molar-refractivity contribution in [2.45, 2.75) is 33.8 Å². The van der Waals surface area contributed by atoms with Crippen molar-refractivity contribution in [2.75, 3.05) is 13.2 Å². The number of carbonyl (C=O) groups excluding carboxylic acids is 1. The van der Waals surface area contributed by atoms with Gasteiger partial charge in [0.2, 0.25) is 0 Å². The van der Waals surface area contributed by atoms with E-state index in [4.69, 9.17) is 14.5 Å². The zero-order valence-corrected chi connectivity index (χ0v) is 23.3. The van der Waals surface area contributed by atoms with Crippen molar-refractivity contribution < 1.29 is 14.3 Å². The number of benzene rings is 4. The lowest BCUT2D eigenvalue weighted by Crippen LogP contribution is -2.29. The number of nitrogens with zero attached hydrogens (tertiary/aromatic N) is 2. The molecule has 0 atom stereocenters. The third kappa shape index (κ3) is 6.18. The van der Waals surface area contributed by atoms with Gasteiger partial charge in [0.15, 0.2) is 16.7 Å². The van der Waals surface area contributed by atoms with Gasteiger partial charge in [-0.1, -0.05) is 73.2 Å². The Hall–Kier alpha value is -4.03. The maximum absolute atomic E-state index is 13.3. The van der Waals surface area contributed by atoms with E-state index in [1.807, 2.05) is 80.6 Å². The maximum Gasteiger partial charge on any atom is 0.266 e. The molecule has 0 aromatic heterocycles. The van der Waals surface area contributed by atoms with Crippen LogP contribution < -0.4 is 9.47 Å². The summed E-state index contributed by atoms with van der Waals surface area (Å²) in [5.74, 6) is 1.30. The van der Waals surface area contributed by atoms with Crippen LogP contribution in [-0.4, -0.2) is 29.1 Å². The summed E-state index contributed by atoms with van der Waals surface area (Å²) in [4.78, 5) is 20.5. The van der Waals surface area contributed by atoms with Crippen LogP contribution >= 0.6 is 11.8 Å². The number of aliphatic imine (C=N–C) groups is 1. The van der Waals surface area contributed by atoms with Crippen LogP contribution in [0.3, 0.4) is 0 Å². The standard InChI is InChI=1S/C33H32N2O3S/c1-4-19-35-32(36)31(39-33(35)34-27-16-13-23(3)14-17-27)21-24-15-18-29(30(20-24)37-5-2)38-22-26-11-8-10-25-9-6-7-12-28(25)26/h6-18,20-21H,4-5,19,22H2,1-3H3/b31-21+,34-33?. The minimum absolute atomic E-state index is 0.0260. The van der Waals surface area contributed by atoms with Crippen LogP contribution in [0.4, 0.5) is 5.69 Å². The summed E-state index contributed by atoms with van der Waals surface area (Å²) in [7, 11) is 0. The summed E-state index contributed by atoms with van der Waals surface area (Å²) < 4.78 is 12.2. The summed E-state index contributed by atoms with van der Waals surface area (Å²) in [6, 6.07) is 28.4. The highest BCUT2D eigenvalue weighted by Crippen LogP contribution is 2.36. The molecule has 6 heteroatoms. The van der Waals surface area contributed by atoms with Gasteiger partial charge in [-0.3, -0.25) is 9.69 Å². The molecule has 0 bridgehead atoms. The predicted octanol–water partition coefficient (Wildman–Crippen LogP) is 8.14. The molecule has 1 heterocycles. The third-order valence-electron chi connectivity index (χ3n) is 6.42. The van der Waals surface area contributed by atoms with Crippen LogP contribution in [0, 0.1) is 6.92 Å². The van der Waals surface area contributed by atoms with E-state index >= 15 is 0 Å². The van der Waals surface area contributed by atoms with Crippen molar-refractivity contribution >= 4 is 45.4 Å². The van der Waals surface area contributed by atoms with Gasteiger partial charge < -0.3 is 9.47 Å². The summed E-state index contributed by atoms with van der Waals surface area (Å²) in [5, 5.41) is 3.07. The van der Waals surface area contributed by atoms with E-state index in [2.05, 4.69) is 31.2 Å². The quantitative estimate of drug-likeness (QED) is 0.203. The molecule has 0 radical (unpaired) electrons. The Morgan fingerprint density at radius 2 is 1.69 bits per heavy atom. The molecule has 5 rings (SSSR count). The monoisotopic (exact) mass is 536 g/mol. The Balaban J connectivity index is 1.39.